The van der Waals surface area contributed by atoms with Crippen LogP contribution in [0.25, 0.3) is 6.08 Å². The number of rotatable bonds is 10. The molecule has 2 aromatic rings. The summed E-state index contributed by atoms with van der Waals surface area (Å²) in [5.41, 5.74) is 1.06. The first kappa shape index (κ1) is 31.8. The molecule has 12 nitrogen and oxygen atoms in total. The number of carboxylic acid groups (broad SMARTS) is 1. The van der Waals surface area contributed by atoms with Crippen molar-refractivity contribution in [2.45, 2.75) is 74.4 Å². The van der Waals surface area contributed by atoms with Crippen LogP contribution >= 0.6 is 11.6 Å². The second-order valence-electron chi connectivity index (χ2n) is 12.9. The summed E-state index contributed by atoms with van der Waals surface area (Å²) in [6, 6.07) is 10.2. The monoisotopic (exact) mass is 660 g/mol. The number of aliphatic carboxylic acids is 1. The number of aliphatic hydroxyl groups is 4. The van der Waals surface area contributed by atoms with Gasteiger partial charge < -0.3 is 44.5 Å². The zero-order chi connectivity index (χ0) is 32.4. The molecule has 0 aromatic heterocycles. The lowest BCUT2D eigenvalue weighted by atomic mass is 9.65. The van der Waals surface area contributed by atoms with E-state index >= 15 is 0 Å². The molecule has 8 rings (SSSR count). The molecule has 6 fully saturated rings. The van der Waals surface area contributed by atoms with Gasteiger partial charge >= 0.3 is 5.97 Å². The van der Waals surface area contributed by atoms with Crippen molar-refractivity contribution >= 4 is 23.6 Å². The minimum absolute atomic E-state index is 0.0505. The summed E-state index contributed by atoms with van der Waals surface area (Å²) in [5.74, 6) is 0.0229. The Hall–Kier alpha value is -2.78. The molecule has 6 aliphatic rings. The Kier molecular flexibility index (Phi) is 8.32. The molecule has 11 atom stereocenters. The average Bonchev–Trinajstić information content (AvgIpc) is 3.46. The third-order valence-corrected chi connectivity index (χ3v) is 10.9. The van der Waals surface area contributed by atoms with Gasteiger partial charge in [-0.25, -0.2) is 9.68 Å². The van der Waals surface area contributed by atoms with E-state index in [-0.39, 0.29) is 23.3 Å². The fourth-order valence-electron chi connectivity index (χ4n) is 8.53. The van der Waals surface area contributed by atoms with Crippen LogP contribution in [0.3, 0.4) is 0 Å². The van der Waals surface area contributed by atoms with Gasteiger partial charge in [-0.1, -0.05) is 35.9 Å². The predicted octanol–water partition coefficient (Wildman–Crippen LogP) is 2.76. The minimum Gasteiger partial charge on any atom is -0.487 e. The summed E-state index contributed by atoms with van der Waals surface area (Å²) in [6.07, 6.45) is -0.207. The highest BCUT2D eigenvalue weighted by Crippen LogP contribution is 2.73. The molecule has 5 N–H and O–H groups in total. The van der Waals surface area contributed by atoms with Gasteiger partial charge in [0.2, 0.25) is 6.29 Å². The molecule has 2 aromatic carbocycles. The number of benzene rings is 2. The molecule has 13 heteroatoms. The standard InChI is InChI=1S/C33H37ClO12/c1-41-33(32(45-46-33)20-11-17-10-19(13-20)23(32)12-17)22-8-4-18(5-9-25(36)37)30(26(22)34)42-15-16-2-6-21(7-3-16)43-31-29(40)28(39)27(38)24(14-35)44-31/h2-9,17,19-20,23-24,27-29,31,35,38-40H,10-15H2,1H3,(H,36,37)/b9-5+. The van der Waals surface area contributed by atoms with Crippen molar-refractivity contribution in [1.82, 2.24) is 0 Å². The predicted molar refractivity (Wildman–Crippen MR) is 159 cm³/mol. The summed E-state index contributed by atoms with van der Waals surface area (Å²) in [5, 5.41) is 49.3. The Bertz CT molecular complexity index is 1490. The van der Waals surface area contributed by atoms with Crippen molar-refractivity contribution in [3.05, 3.63) is 64.2 Å². The number of halogens is 1. The lowest BCUT2D eigenvalue weighted by Gasteiger charge is -2.60. The minimum atomic E-state index is -1.56. The average molecular weight is 661 g/mol. The van der Waals surface area contributed by atoms with Gasteiger partial charge in [-0.15, -0.1) is 0 Å². The highest BCUT2D eigenvalue weighted by Gasteiger charge is 2.80. The third kappa shape index (κ3) is 4.85. The van der Waals surface area contributed by atoms with Crippen molar-refractivity contribution < 1.29 is 59.0 Å². The molecule has 11 unspecified atom stereocenters. The topological polar surface area (TPSA) is 174 Å². The van der Waals surface area contributed by atoms with Crippen LogP contribution in [0.5, 0.6) is 11.5 Å². The summed E-state index contributed by atoms with van der Waals surface area (Å²) in [4.78, 5) is 23.3. The van der Waals surface area contributed by atoms with E-state index < -0.39 is 54.7 Å². The lowest BCUT2D eigenvalue weighted by Crippen LogP contribution is -2.71. The normalized spacial score (nSPS) is 39.2. The molecule has 4 bridgehead atoms. The van der Waals surface area contributed by atoms with Crippen molar-refractivity contribution in [3.8, 4) is 11.5 Å². The molecule has 0 amide bonds. The molecule has 2 saturated heterocycles. The van der Waals surface area contributed by atoms with Gasteiger partial charge in [-0.2, -0.15) is 4.89 Å². The zero-order valence-electron chi connectivity index (χ0n) is 25.0. The molecule has 2 aliphatic heterocycles. The number of methoxy groups -OCH3 is 1. The maximum Gasteiger partial charge on any atom is 0.328 e. The van der Waals surface area contributed by atoms with Crippen LogP contribution in [0.4, 0.5) is 0 Å². The fourth-order valence-corrected chi connectivity index (χ4v) is 8.88. The molecule has 4 aliphatic carbocycles. The van der Waals surface area contributed by atoms with Crippen LogP contribution in [0.1, 0.15) is 42.4 Å². The Morgan fingerprint density at radius 3 is 2.46 bits per heavy atom. The smallest absolute Gasteiger partial charge is 0.328 e. The van der Waals surface area contributed by atoms with E-state index in [1.807, 2.05) is 0 Å². The maximum absolute atomic E-state index is 11.4. The number of hydrogen-bond acceptors (Lipinski definition) is 11. The molecular weight excluding hydrogens is 624 g/mol. The summed E-state index contributed by atoms with van der Waals surface area (Å²) in [7, 11) is 1.59. The molecule has 4 saturated carbocycles. The first-order valence-corrected chi connectivity index (χ1v) is 15.8. The number of carbonyl (C=O) groups is 1. The van der Waals surface area contributed by atoms with Crippen LogP contribution in [0, 0.1) is 23.7 Å². The van der Waals surface area contributed by atoms with Crippen LogP contribution in [0.15, 0.2) is 42.5 Å². The van der Waals surface area contributed by atoms with Gasteiger partial charge in [0.15, 0.2) is 5.60 Å². The van der Waals surface area contributed by atoms with Gasteiger partial charge in [0, 0.05) is 30.2 Å². The van der Waals surface area contributed by atoms with Crippen LogP contribution < -0.4 is 9.47 Å². The Morgan fingerprint density at radius 1 is 1.02 bits per heavy atom. The summed E-state index contributed by atoms with van der Waals surface area (Å²) in [6.45, 7) is -0.517. The van der Waals surface area contributed by atoms with E-state index in [2.05, 4.69) is 0 Å². The molecule has 0 radical (unpaired) electrons. The van der Waals surface area contributed by atoms with E-state index in [9.17, 15) is 30.3 Å². The van der Waals surface area contributed by atoms with Gasteiger partial charge in [0.1, 0.15) is 42.5 Å². The van der Waals surface area contributed by atoms with E-state index in [0.29, 0.717) is 40.2 Å². The highest BCUT2D eigenvalue weighted by molar-refractivity contribution is 6.33. The van der Waals surface area contributed by atoms with Gasteiger partial charge in [-0.05, 0) is 67.2 Å². The SMILES string of the molecule is COC1(c2ccc(/C=C/C(=O)O)c(OCc3ccc(OC4OC(CO)C(O)C(O)C4O)cc3)c2Cl)OOC12C1CC3CC(C1)C2C3. The van der Waals surface area contributed by atoms with Crippen LogP contribution in [0.2, 0.25) is 5.02 Å². The number of aliphatic hydroxyl groups excluding tert-OH is 4. The Labute approximate surface area is 269 Å². The van der Waals surface area contributed by atoms with Crippen molar-refractivity contribution in [2.75, 3.05) is 13.7 Å². The second kappa shape index (κ2) is 12.0. The van der Waals surface area contributed by atoms with Crippen molar-refractivity contribution in [3.63, 3.8) is 0 Å². The molecule has 248 valence electrons. The third-order valence-electron chi connectivity index (χ3n) is 10.5. The van der Waals surface area contributed by atoms with E-state index in [0.717, 1.165) is 25.3 Å². The Morgan fingerprint density at radius 2 is 1.80 bits per heavy atom. The van der Waals surface area contributed by atoms with Crippen LogP contribution in [-0.2, 0) is 36.4 Å². The zero-order valence-corrected chi connectivity index (χ0v) is 25.8. The second-order valence-corrected chi connectivity index (χ2v) is 13.3. The quantitative estimate of drug-likeness (QED) is 0.187. The van der Waals surface area contributed by atoms with Crippen molar-refractivity contribution in [2.24, 2.45) is 23.7 Å². The van der Waals surface area contributed by atoms with Crippen molar-refractivity contribution in [1.29, 1.82) is 0 Å². The molecule has 1 spiro atoms. The molecule has 2 heterocycles. The molecular formula is C33H37ClO12. The first-order chi connectivity index (χ1) is 22.1. The highest BCUT2D eigenvalue weighted by atomic mass is 35.5. The molecule has 46 heavy (non-hydrogen) atoms. The number of hydrogen-bond donors (Lipinski definition) is 5. The largest absolute Gasteiger partial charge is 0.487 e. The first-order valence-electron chi connectivity index (χ1n) is 15.5. The van der Waals surface area contributed by atoms with Gasteiger partial charge in [0.25, 0.3) is 5.79 Å². The number of carboxylic acids is 1. The summed E-state index contributed by atoms with van der Waals surface area (Å²) < 4.78 is 23.5. The maximum atomic E-state index is 11.4. The van der Waals surface area contributed by atoms with E-state index in [4.69, 9.17) is 40.3 Å². The fraction of sp³-hybridized carbons (Fsp3) is 0.545. The van der Waals surface area contributed by atoms with Gasteiger partial charge in [0.05, 0.1) is 11.6 Å². The van der Waals surface area contributed by atoms with E-state index in [1.165, 1.54) is 12.5 Å². The van der Waals surface area contributed by atoms with Crippen LogP contribution in [-0.4, -0.2) is 81.5 Å². The van der Waals surface area contributed by atoms with E-state index in [1.54, 1.807) is 43.5 Å². The van der Waals surface area contributed by atoms with Gasteiger partial charge in [-0.3, -0.25) is 0 Å². The number of ether oxygens (including phenoxy) is 4. The Balaban J connectivity index is 1.13. The summed E-state index contributed by atoms with van der Waals surface area (Å²) >= 11 is 7.09. The lowest BCUT2D eigenvalue weighted by molar-refractivity contribution is -0.635.